The monoisotopic (exact) mass is 357 g/mol. The lowest BCUT2D eigenvalue weighted by Crippen LogP contribution is -2.58. The third-order valence-electron chi connectivity index (χ3n) is 5.53. The smallest absolute Gasteiger partial charge is 0.200 e. The van der Waals surface area contributed by atoms with Gasteiger partial charge in [0, 0.05) is 42.9 Å². The van der Waals surface area contributed by atoms with Gasteiger partial charge in [-0.05, 0) is 37.4 Å². The minimum absolute atomic E-state index is 0.144. The first-order chi connectivity index (χ1) is 12.1. The van der Waals surface area contributed by atoms with Crippen LogP contribution in [0.25, 0.3) is 0 Å². The number of hydrogen-bond donors (Lipinski definition) is 0. The Morgan fingerprint density at radius 2 is 2.08 bits per heavy atom. The van der Waals surface area contributed by atoms with Gasteiger partial charge in [0.15, 0.2) is 0 Å². The van der Waals surface area contributed by atoms with Gasteiger partial charge in [0.05, 0.1) is 12.3 Å². The summed E-state index contributed by atoms with van der Waals surface area (Å²) in [6, 6.07) is 9.94. The number of rotatable bonds is 1. The van der Waals surface area contributed by atoms with E-state index in [9.17, 15) is 0 Å². The molecular weight excluding hydrogens is 338 g/mol. The lowest BCUT2D eigenvalue weighted by Gasteiger charge is -2.50. The van der Waals surface area contributed by atoms with Crippen molar-refractivity contribution in [2.24, 2.45) is 5.10 Å². The van der Waals surface area contributed by atoms with Gasteiger partial charge in [0.25, 0.3) is 0 Å². The molecule has 1 saturated heterocycles. The number of piperidine rings is 1. The molecule has 0 N–H and O–H groups in total. The largest absolute Gasteiger partial charge is 0.466 e. The Morgan fingerprint density at radius 3 is 2.84 bits per heavy atom. The van der Waals surface area contributed by atoms with Crippen molar-refractivity contribution in [2.45, 2.75) is 31.0 Å². The standard InChI is InChI=1S/C19H20ClN3O2/c1-22-8-6-19(7-9-22)23-16(12-15(21-23)18-3-2-10-24-18)14-11-13(20)4-5-17(14)25-19/h2-5,10-11,16H,6-9,12H2,1H3/t16-/m1/s1. The Morgan fingerprint density at radius 1 is 1.24 bits per heavy atom. The van der Waals surface area contributed by atoms with E-state index in [0.29, 0.717) is 0 Å². The first-order valence-corrected chi connectivity index (χ1v) is 9.10. The quantitative estimate of drug-likeness (QED) is 0.776. The third-order valence-corrected chi connectivity index (χ3v) is 5.77. The van der Waals surface area contributed by atoms with E-state index in [0.717, 1.165) is 60.2 Å². The number of hydrogen-bond acceptors (Lipinski definition) is 5. The molecule has 1 aromatic heterocycles. The summed E-state index contributed by atoms with van der Waals surface area (Å²) in [7, 11) is 2.16. The summed E-state index contributed by atoms with van der Waals surface area (Å²) in [5, 5.41) is 7.86. The molecule has 130 valence electrons. The van der Waals surface area contributed by atoms with E-state index in [-0.39, 0.29) is 11.8 Å². The van der Waals surface area contributed by atoms with Crippen molar-refractivity contribution in [1.29, 1.82) is 0 Å². The average molecular weight is 358 g/mol. The van der Waals surface area contributed by atoms with Gasteiger partial charge >= 0.3 is 0 Å². The predicted molar refractivity (Wildman–Crippen MR) is 96.0 cm³/mol. The van der Waals surface area contributed by atoms with Crippen molar-refractivity contribution >= 4 is 17.3 Å². The van der Waals surface area contributed by atoms with E-state index in [4.69, 9.17) is 25.9 Å². The second kappa shape index (κ2) is 5.51. The predicted octanol–water partition coefficient (Wildman–Crippen LogP) is 3.90. The highest BCUT2D eigenvalue weighted by Crippen LogP contribution is 2.50. The van der Waals surface area contributed by atoms with Gasteiger partial charge in [-0.2, -0.15) is 5.10 Å². The number of ether oxygens (including phenoxy) is 1. The van der Waals surface area contributed by atoms with Gasteiger partial charge in [-0.1, -0.05) is 11.6 Å². The summed E-state index contributed by atoms with van der Waals surface area (Å²) < 4.78 is 12.1. The van der Waals surface area contributed by atoms with Crippen LogP contribution in [-0.4, -0.2) is 41.5 Å². The van der Waals surface area contributed by atoms with E-state index in [1.54, 1.807) is 6.26 Å². The Bertz CT molecular complexity index is 825. The molecule has 0 radical (unpaired) electrons. The fraction of sp³-hybridized carbons (Fsp3) is 0.421. The first-order valence-electron chi connectivity index (χ1n) is 8.72. The molecule has 0 aliphatic carbocycles. The molecule has 5 nitrogen and oxygen atoms in total. The normalized spacial score (nSPS) is 24.6. The minimum Gasteiger partial charge on any atom is -0.466 e. The number of hydrazone groups is 1. The Hall–Kier alpha value is -1.98. The van der Waals surface area contributed by atoms with Gasteiger partial charge in [-0.3, -0.25) is 0 Å². The number of furan rings is 1. The van der Waals surface area contributed by atoms with Crippen molar-refractivity contribution < 1.29 is 9.15 Å². The molecule has 0 saturated carbocycles. The van der Waals surface area contributed by atoms with Gasteiger partial charge in [0.1, 0.15) is 17.2 Å². The topological polar surface area (TPSA) is 41.2 Å². The summed E-state index contributed by atoms with van der Waals surface area (Å²) in [6.07, 6.45) is 4.36. The summed E-state index contributed by atoms with van der Waals surface area (Å²) in [5.74, 6) is 1.77. The SMILES string of the molecule is CN1CCC2(CC1)Oc1ccc(Cl)cc1[C@H]1CC(c3ccco3)=NN12. The zero-order chi connectivity index (χ0) is 17.0. The van der Waals surface area contributed by atoms with Gasteiger partial charge in [-0.15, -0.1) is 0 Å². The number of benzene rings is 1. The maximum Gasteiger partial charge on any atom is 0.200 e. The van der Waals surface area contributed by atoms with E-state index in [2.05, 4.69) is 17.0 Å². The van der Waals surface area contributed by atoms with Crippen LogP contribution in [0.1, 0.15) is 36.6 Å². The zero-order valence-corrected chi connectivity index (χ0v) is 14.9. The van der Waals surface area contributed by atoms with Crippen LogP contribution in [0.4, 0.5) is 0 Å². The van der Waals surface area contributed by atoms with E-state index < -0.39 is 0 Å². The number of fused-ring (bicyclic) bond motifs is 4. The molecule has 1 atom stereocenters. The van der Waals surface area contributed by atoms with Crippen LogP contribution in [-0.2, 0) is 0 Å². The van der Waals surface area contributed by atoms with Gasteiger partial charge in [-0.25, -0.2) is 5.01 Å². The molecule has 6 heteroatoms. The average Bonchev–Trinajstić information content (AvgIpc) is 3.28. The molecule has 25 heavy (non-hydrogen) atoms. The molecular formula is C19H20ClN3O2. The molecule has 1 spiro atoms. The van der Waals surface area contributed by atoms with Crippen LogP contribution in [0, 0.1) is 0 Å². The maximum atomic E-state index is 6.55. The van der Waals surface area contributed by atoms with Crippen molar-refractivity contribution in [1.82, 2.24) is 9.91 Å². The van der Waals surface area contributed by atoms with Crippen LogP contribution in [0.2, 0.25) is 5.02 Å². The molecule has 2 aromatic rings. The van der Waals surface area contributed by atoms with Gasteiger partial charge in [0.2, 0.25) is 5.72 Å². The lowest BCUT2D eigenvalue weighted by atomic mass is 9.91. The summed E-state index contributed by atoms with van der Waals surface area (Å²) >= 11 is 6.26. The van der Waals surface area contributed by atoms with Crippen LogP contribution in [0.3, 0.4) is 0 Å². The molecule has 0 amide bonds. The summed E-state index contributed by atoms with van der Waals surface area (Å²) in [5.41, 5.74) is 1.71. The maximum absolute atomic E-state index is 6.55. The Kier molecular flexibility index (Phi) is 3.37. The van der Waals surface area contributed by atoms with Crippen molar-refractivity contribution in [2.75, 3.05) is 20.1 Å². The van der Waals surface area contributed by atoms with Gasteiger partial charge < -0.3 is 14.1 Å². The highest BCUT2D eigenvalue weighted by Gasteiger charge is 2.51. The van der Waals surface area contributed by atoms with Crippen LogP contribution >= 0.6 is 11.6 Å². The second-order valence-electron chi connectivity index (χ2n) is 7.12. The molecule has 3 aliphatic rings. The third kappa shape index (κ3) is 2.37. The van der Waals surface area contributed by atoms with E-state index in [1.807, 2.05) is 30.3 Å². The molecule has 1 aromatic carbocycles. The summed E-state index contributed by atoms with van der Waals surface area (Å²) in [6.45, 7) is 2.00. The Labute approximate surface area is 151 Å². The minimum atomic E-state index is -0.383. The van der Waals surface area contributed by atoms with Crippen LogP contribution in [0.5, 0.6) is 5.75 Å². The van der Waals surface area contributed by atoms with E-state index >= 15 is 0 Å². The van der Waals surface area contributed by atoms with Crippen LogP contribution < -0.4 is 4.74 Å². The molecule has 4 heterocycles. The number of nitrogens with zero attached hydrogens (tertiary/aromatic N) is 3. The lowest BCUT2D eigenvalue weighted by molar-refractivity contribution is -0.147. The van der Waals surface area contributed by atoms with Crippen molar-refractivity contribution in [3.8, 4) is 5.75 Å². The van der Waals surface area contributed by atoms with Crippen molar-refractivity contribution in [3.05, 3.63) is 52.9 Å². The highest BCUT2D eigenvalue weighted by molar-refractivity contribution is 6.30. The van der Waals surface area contributed by atoms with Crippen molar-refractivity contribution in [3.63, 3.8) is 0 Å². The second-order valence-corrected chi connectivity index (χ2v) is 7.56. The van der Waals surface area contributed by atoms with Crippen LogP contribution in [0.15, 0.2) is 46.1 Å². The molecule has 0 bridgehead atoms. The molecule has 0 unspecified atom stereocenters. The fourth-order valence-corrected chi connectivity index (χ4v) is 4.32. The molecule has 5 rings (SSSR count). The fourth-order valence-electron chi connectivity index (χ4n) is 4.14. The molecule has 3 aliphatic heterocycles. The molecule has 1 fully saturated rings. The Balaban J connectivity index is 1.60. The number of halogens is 1. The highest BCUT2D eigenvalue weighted by atomic mass is 35.5. The van der Waals surface area contributed by atoms with E-state index in [1.165, 1.54) is 0 Å². The summed E-state index contributed by atoms with van der Waals surface area (Å²) in [4.78, 5) is 2.34. The first kappa shape index (κ1) is 15.3. The zero-order valence-electron chi connectivity index (χ0n) is 14.1. The number of likely N-dealkylation sites (tertiary alicyclic amines) is 1.